The summed E-state index contributed by atoms with van der Waals surface area (Å²) in [4.78, 5) is 0. The van der Waals surface area contributed by atoms with Crippen molar-refractivity contribution in [2.45, 2.75) is 0 Å². The Morgan fingerprint density at radius 1 is 1.64 bits per heavy atom. The molecule has 0 aliphatic heterocycles. The van der Waals surface area contributed by atoms with E-state index in [1.54, 1.807) is 13.2 Å². The first-order valence-electron chi connectivity index (χ1n) is 3.53. The highest BCUT2D eigenvalue weighted by Crippen LogP contribution is 1.96. The van der Waals surface area contributed by atoms with Gasteiger partial charge in [0.2, 0.25) is 0 Å². The van der Waals surface area contributed by atoms with E-state index in [-0.39, 0.29) is 0 Å². The molecule has 0 bridgehead atoms. The Labute approximate surface area is 68.3 Å². The average molecular weight is 153 g/mol. The fourth-order valence-corrected chi connectivity index (χ4v) is 0.601. The number of likely N-dealkylation sites (N-methyl/N-ethyl adjacent to an activating group) is 1. The third-order valence-corrected chi connectivity index (χ3v) is 1.12. The molecule has 0 aromatic heterocycles. The number of ether oxygens (including phenoxy) is 1. The molecule has 2 heteroatoms. The molecule has 0 aliphatic carbocycles. The van der Waals surface area contributed by atoms with Gasteiger partial charge in [0.15, 0.2) is 0 Å². The Morgan fingerprint density at radius 2 is 2.36 bits per heavy atom. The molecule has 1 N–H and O–H groups in total. The highest BCUT2D eigenvalue weighted by molar-refractivity contribution is 5.17. The van der Waals surface area contributed by atoms with Gasteiger partial charge in [-0.25, -0.2) is 0 Å². The third-order valence-electron chi connectivity index (χ3n) is 1.12. The molecule has 0 aromatic carbocycles. The summed E-state index contributed by atoms with van der Waals surface area (Å²) in [7, 11) is 3.53. The van der Waals surface area contributed by atoms with Gasteiger partial charge in [-0.2, -0.15) is 0 Å². The van der Waals surface area contributed by atoms with Crippen LogP contribution in [-0.4, -0.2) is 20.7 Å². The molecule has 62 valence electrons. The van der Waals surface area contributed by atoms with E-state index in [9.17, 15) is 0 Å². The molecule has 0 unspecified atom stereocenters. The first kappa shape index (κ1) is 9.98. The Bertz CT molecular complexity index is 159. The average Bonchev–Trinajstić information content (AvgIpc) is 2.03. The molecule has 0 fully saturated rings. The van der Waals surface area contributed by atoms with E-state index in [0.717, 1.165) is 12.3 Å². The van der Waals surface area contributed by atoms with E-state index in [4.69, 9.17) is 4.74 Å². The standard InChI is InChI=1S/C9H15NO/c1-4-6-9(11-3)7-5-8-10-2/h4-7,10H,1,8H2,2-3H3/b7-5+,9-6+. The predicted octanol–water partition coefficient (Wildman–Crippen LogP) is 1.48. The lowest BCUT2D eigenvalue weighted by Gasteiger charge is -1.97. The number of rotatable bonds is 5. The van der Waals surface area contributed by atoms with Gasteiger partial charge >= 0.3 is 0 Å². The molecule has 0 saturated carbocycles. The summed E-state index contributed by atoms with van der Waals surface area (Å²) in [5.74, 6) is 0.815. The van der Waals surface area contributed by atoms with Crippen molar-refractivity contribution >= 4 is 0 Å². The molecule has 0 saturated heterocycles. The van der Waals surface area contributed by atoms with Crippen molar-refractivity contribution in [3.05, 3.63) is 36.6 Å². The van der Waals surface area contributed by atoms with Crippen LogP contribution in [0.2, 0.25) is 0 Å². The SMILES string of the molecule is C=C/C=C(\C=C\CNC)OC. The van der Waals surface area contributed by atoms with Gasteiger partial charge in [-0.15, -0.1) is 0 Å². The lowest BCUT2D eigenvalue weighted by atomic mass is 10.4. The Hall–Kier alpha value is -1.02. The van der Waals surface area contributed by atoms with E-state index in [2.05, 4.69) is 11.9 Å². The summed E-state index contributed by atoms with van der Waals surface area (Å²) in [6.45, 7) is 4.42. The zero-order valence-electron chi connectivity index (χ0n) is 7.13. The minimum Gasteiger partial charge on any atom is -0.497 e. The number of methoxy groups -OCH3 is 1. The van der Waals surface area contributed by atoms with Gasteiger partial charge in [0.1, 0.15) is 5.76 Å². The van der Waals surface area contributed by atoms with E-state index in [1.807, 2.05) is 25.3 Å². The lowest BCUT2D eigenvalue weighted by Crippen LogP contribution is -2.03. The predicted molar refractivity (Wildman–Crippen MR) is 48.4 cm³/mol. The van der Waals surface area contributed by atoms with Crippen LogP contribution < -0.4 is 5.32 Å². The second-order valence-electron chi connectivity index (χ2n) is 1.97. The zero-order chi connectivity index (χ0) is 8.53. The van der Waals surface area contributed by atoms with Gasteiger partial charge < -0.3 is 10.1 Å². The van der Waals surface area contributed by atoms with Crippen LogP contribution >= 0.6 is 0 Å². The minimum absolute atomic E-state index is 0.815. The number of hydrogen-bond acceptors (Lipinski definition) is 2. The van der Waals surface area contributed by atoms with Gasteiger partial charge in [0.25, 0.3) is 0 Å². The van der Waals surface area contributed by atoms with Gasteiger partial charge in [0, 0.05) is 6.54 Å². The minimum atomic E-state index is 0.815. The van der Waals surface area contributed by atoms with E-state index in [0.29, 0.717) is 0 Å². The Morgan fingerprint density at radius 3 is 2.82 bits per heavy atom. The lowest BCUT2D eigenvalue weighted by molar-refractivity contribution is 0.307. The van der Waals surface area contributed by atoms with E-state index >= 15 is 0 Å². The molecule has 2 nitrogen and oxygen atoms in total. The third kappa shape index (κ3) is 5.43. The maximum absolute atomic E-state index is 5.01. The van der Waals surface area contributed by atoms with Crippen LogP contribution in [0, 0.1) is 0 Å². The number of nitrogens with one attached hydrogen (secondary N) is 1. The monoisotopic (exact) mass is 153 g/mol. The van der Waals surface area contributed by atoms with Crippen molar-refractivity contribution in [3.63, 3.8) is 0 Å². The topological polar surface area (TPSA) is 21.3 Å². The maximum atomic E-state index is 5.01. The highest BCUT2D eigenvalue weighted by atomic mass is 16.5. The van der Waals surface area contributed by atoms with Gasteiger partial charge in [0.05, 0.1) is 7.11 Å². The maximum Gasteiger partial charge on any atom is 0.118 e. The van der Waals surface area contributed by atoms with Crippen molar-refractivity contribution in [1.82, 2.24) is 5.32 Å². The van der Waals surface area contributed by atoms with Crippen LogP contribution in [0.4, 0.5) is 0 Å². The summed E-state index contributed by atoms with van der Waals surface area (Å²) in [6, 6.07) is 0. The summed E-state index contributed by atoms with van der Waals surface area (Å²) in [5.41, 5.74) is 0. The van der Waals surface area contributed by atoms with Gasteiger partial charge in [-0.1, -0.05) is 18.7 Å². The van der Waals surface area contributed by atoms with Crippen LogP contribution in [-0.2, 0) is 4.74 Å². The normalized spacial score (nSPS) is 12.0. The molecule has 0 aromatic rings. The van der Waals surface area contributed by atoms with Crippen LogP contribution in [0.3, 0.4) is 0 Å². The highest BCUT2D eigenvalue weighted by Gasteiger charge is 1.83. The van der Waals surface area contributed by atoms with Crippen LogP contribution in [0.15, 0.2) is 36.6 Å². The second-order valence-corrected chi connectivity index (χ2v) is 1.97. The molecular formula is C9H15NO. The molecule has 0 radical (unpaired) electrons. The summed E-state index contributed by atoms with van der Waals surface area (Å²) >= 11 is 0. The fraction of sp³-hybridized carbons (Fsp3) is 0.333. The molecule has 0 rings (SSSR count). The van der Waals surface area contributed by atoms with Crippen molar-refractivity contribution in [3.8, 4) is 0 Å². The molecule has 0 heterocycles. The first-order valence-corrected chi connectivity index (χ1v) is 3.53. The van der Waals surface area contributed by atoms with Crippen LogP contribution in [0.1, 0.15) is 0 Å². The largest absolute Gasteiger partial charge is 0.497 e. The summed E-state index contributed by atoms with van der Waals surface area (Å²) in [6.07, 6.45) is 7.39. The van der Waals surface area contributed by atoms with Gasteiger partial charge in [-0.3, -0.25) is 0 Å². The van der Waals surface area contributed by atoms with Crippen molar-refractivity contribution in [1.29, 1.82) is 0 Å². The summed E-state index contributed by atoms with van der Waals surface area (Å²) in [5, 5.41) is 2.99. The van der Waals surface area contributed by atoms with Crippen LogP contribution in [0.5, 0.6) is 0 Å². The Balaban J connectivity index is 3.86. The second kappa shape index (κ2) is 7.09. The Kier molecular flexibility index (Phi) is 6.43. The molecule has 0 amide bonds. The van der Waals surface area contributed by atoms with Gasteiger partial charge in [-0.05, 0) is 19.2 Å². The molecule has 11 heavy (non-hydrogen) atoms. The molecule has 0 atom stereocenters. The van der Waals surface area contributed by atoms with E-state index in [1.165, 1.54) is 0 Å². The zero-order valence-corrected chi connectivity index (χ0v) is 7.13. The molecular weight excluding hydrogens is 138 g/mol. The summed E-state index contributed by atoms with van der Waals surface area (Å²) < 4.78 is 5.01. The molecule has 0 aliphatic rings. The van der Waals surface area contributed by atoms with Crippen LogP contribution in [0.25, 0.3) is 0 Å². The molecule has 0 spiro atoms. The first-order chi connectivity index (χ1) is 5.35. The smallest absolute Gasteiger partial charge is 0.118 e. The van der Waals surface area contributed by atoms with Crippen molar-refractivity contribution in [2.24, 2.45) is 0 Å². The number of hydrogen-bond donors (Lipinski definition) is 1. The quantitative estimate of drug-likeness (QED) is 0.477. The fourth-order valence-electron chi connectivity index (χ4n) is 0.601. The van der Waals surface area contributed by atoms with E-state index < -0.39 is 0 Å². The van der Waals surface area contributed by atoms with Crippen molar-refractivity contribution in [2.75, 3.05) is 20.7 Å². The number of allylic oxidation sites excluding steroid dienone is 3. The van der Waals surface area contributed by atoms with Crippen molar-refractivity contribution < 1.29 is 4.74 Å².